The predicted octanol–water partition coefficient (Wildman–Crippen LogP) is 0.606. The van der Waals surface area contributed by atoms with Gasteiger partial charge in [-0.15, -0.1) is 0 Å². The summed E-state index contributed by atoms with van der Waals surface area (Å²) in [6, 6.07) is 5.03. The minimum absolute atomic E-state index is 0.0260. The maximum absolute atomic E-state index is 13.0. The number of carbonyl (C=O) groups is 1. The largest absolute Gasteiger partial charge is 0.378 e. The van der Waals surface area contributed by atoms with Crippen molar-refractivity contribution in [3.05, 3.63) is 35.6 Å². The summed E-state index contributed by atoms with van der Waals surface area (Å²) >= 11 is 0. The number of nitrogens with one attached hydrogen (secondary N) is 1. The molecule has 1 amide bonds. The normalized spacial score (nSPS) is 19.8. The van der Waals surface area contributed by atoms with Crippen molar-refractivity contribution in [3.8, 4) is 0 Å². The third kappa shape index (κ3) is 4.25. The summed E-state index contributed by atoms with van der Waals surface area (Å²) in [4.78, 5) is 11.8. The molecule has 1 unspecified atom stereocenters. The van der Waals surface area contributed by atoms with Crippen molar-refractivity contribution >= 4 is 15.9 Å². The lowest BCUT2D eigenvalue weighted by atomic mass is 10.2. The third-order valence-electron chi connectivity index (χ3n) is 3.40. The monoisotopic (exact) mass is 330 g/mol. The van der Waals surface area contributed by atoms with Crippen LogP contribution in [0.2, 0.25) is 0 Å². The molecule has 1 aromatic rings. The first-order chi connectivity index (χ1) is 10.4. The molecule has 1 saturated heterocycles. The van der Waals surface area contributed by atoms with Crippen molar-refractivity contribution < 1.29 is 22.3 Å². The zero-order valence-electron chi connectivity index (χ0n) is 12.3. The van der Waals surface area contributed by atoms with Gasteiger partial charge in [0, 0.05) is 24.7 Å². The van der Waals surface area contributed by atoms with Gasteiger partial charge >= 0.3 is 0 Å². The topological polar surface area (TPSA) is 75.7 Å². The van der Waals surface area contributed by atoms with Gasteiger partial charge in [0.05, 0.1) is 19.0 Å². The highest BCUT2D eigenvalue weighted by Crippen LogP contribution is 2.12. The fourth-order valence-corrected chi connectivity index (χ4v) is 3.82. The Kier molecular flexibility index (Phi) is 5.49. The number of sulfonamides is 1. The second-order valence-corrected chi connectivity index (χ2v) is 7.16. The van der Waals surface area contributed by atoms with Crippen LogP contribution in [0.5, 0.6) is 0 Å². The van der Waals surface area contributed by atoms with Gasteiger partial charge in [0.1, 0.15) is 5.82 Å². The van der Waals surface area contributed by atoms with E-state index in [9.17, 15) is 17.6 Å². The average Bonchev–Trinajstić information content (AvgIpc) is 2.47. The van der Waals surface area contributed by atoms with Crippen molar-refractivity contribution in [1.82, 2.24) is 9.62 Å². The van der Waals surface area contributed by atoms with Crippen LogP contribution in [0, 0.1) is 5.82 Å². The number of hydrogen-bond acceptors (Lipinski definition) is 4. The Morgan fingerprint density at radius 2 is 2.27 bits per heavy atom. The number of halogens is 1. The van der Waals surface area contributed by atoms with E-state index >= 15 is 0 Å². The first-order valence-electron chi connectivity index (χ1n) is 7.01. The molecule has 1 N–H and O–H groups in total. The number of morpholine rings is 1. The smallest absolute Gasteiger partial charge is 0.251 e. The highest BCUT2D eigenvalue weighted by molar-refractivity contribution is 7.89. The predicted molar refractivity (Wildman–Crippen MR) is 79.5 cm³/mol. The van der Waals surface area contributed by atoms with Gasteiger partial charge in [-0.1, -0.05) is 6.07 Å². The van der Waals surface area contributed by atoms with Crippen LogP contribution < -0.4 is 5.32 Å². The Hall–Kier alpha value is -1.51. The highest BCUT2D eigenvalue weighted by atomic mass is 32.2. The molecule has 1 aromatic carbocycles. The molecule has 8 heteroatoms. The molecule has 1 heterocycles. The summed E-state index contributed by atoms with van der Waals surface area (Å²) in [5.74, 6) is -1.20. The van der Waals surface area contributed by atoms with Gasteiger partial charge in [-0.05, 0) is 25.1 Å². The second-order valence-electron chi connectivity index (χ2n) is 5.12. The van der Waals surface area contributed by atoms with Crippen LogP contribution >= 0.6 is 0 Å². The summed E-state index contributed by atoms with van der Waals surface area (Å²) in [7, 11) is -3.45. The summed E-state index contributed by atoms with van der Waals surface area (Å²) in [5, 5.41) is 2.49. The maximum Gasteiger partial charge on any atom is 0.251 e. The molecule has 1 atom stereocenters. The van der Waals surface area contributed by atoms with Crippen LogP contribution in [0.4, 0.5) is 4.39 Å². The Labute approximate surface area is 129 Å². The van der Waals surface area contributed by atoms with Crippen LogP contribution in [-0.2, 0) is 14.8 Å². The third-order valence-corrected chi connectivity index (χ3v) is 5.37. The van der Waals surface area contributed by atoms with E-state index in [-0.39, 0.29) is 23.9 Å². The first kappa shape index (κ1) is 16.9. The molecule has 1 fully saturated rings. The van der Waals surface area contributed by atoms with Crippen molar-refractivity contribution in [2.75, 3.05) is 32.1 Å². The lowest BCUT2D eigenvalue weighted by Crippen LogP contribution is -2.49. The number of nitrogens with zero attached hydrogens (tertiary/aromatic N) is 1. The lowest BCUT2D eigenvalue weighted by Gasteiger charge is -2.32. The van der Waals surface area contributed by atoms with Crippen LogP contribution in [-0.4, -0.2) is 56.7 Å². The van der Waals surface area contributed by atoms with Crippen LogP contribution in [0.1, 0.15) is 17.3 Å². The Bertz CT molecular complexity index is 635. The van der Waals surface area contributed by atoms with Gasteiger partial charge in [-0.2, -0.15) is 4.31 Å². The summed E-state index contributed by atoms with van der Waals surface area (Å²) < 4.78 is 44.1. The van der Waals surface area contributed by atoms with Crippen LogP contribution in [0.25, 0.3) is 0 Å². The van der Waals surface area contributed by atoms with E-state index < -0.39 is 21.7 Å². The van der Waals surface area contributed by atoms with Crippen molar-refractivity contribution in [2.45, 2.75) is 13.0 Å². The summed E-state index contributed by atoms with van der Waals surface area (Å²) in [6.45, 7) is 2.82. The zero-order valence-corrected chi connectivity index (χ0v) is 13.1. The lowest BCUT2D eigenvalue weighted by molar-refractivity contribution is 0.0393. The van der Waals surface area contributed by atoms with Crippen LogP contribution in [0.15, 0.2) is 24.3 Å². The van der Waals surface area contributed by atoms with Crippen LogP contribution in [0.3, 0.4) is 0 Å². The number of hydrogen-bond donors (Lipinski definition) is 1. The van der Waals surface area contributed by atoms with E-state index in [4.69, 9.17) is 4.74 Å². The van der Waals surface area contributed by atoms with Gasteiger partial charge < -0.3 is 10.1 Å². The Balaban J connectivity index is 1.88. The molecule has 0 radical (unpaired) electrons. The van der Waals surface area contributed by atoms with Gasteiger partial charge in [0.25, 0.3) is 5.91 Å². The van der Waals surface area contributed by atoms with E-state index in [1.54, 1.807) is 6.92 Å². The summed E-state index contributed by atoms with van der Waals surface area (Å²) in [6.07, 6.45) is 0. The SMILES string of the molecule is CC1COCCN1S(=O)(=O)CCNC(=O)c1cccc(F)c1. The average molecular weight is 330 g/mol. The van der Waals surface area contributed by atoms with Gasteiger partial charge in [0.2, 0.25) is 10.0 Å². The van der Waals surface area contributed by atoms with Crippen molar-refractivity contribution in [2.24, 2.45) is 0 Å². The summed E-state index contributed by atoms with van der Waals surface area (Å²) in [5.41, 5.74) is 0.164. The molecule has 0 saturated carbocycles. The number of carbonyl (C=O) groups excluding carboxylic acids is 1. The van der Waals surface area contributed by atoms with Gasteiger partial charge in [0.15, 0.2) is 0 Å². The minimum atomic E-state index is -3.45. The molecule has 0 aliphatic carbocycles. The van der Waals surface area contributed by atoms with E-state index in [0.29, 0.717) is 19.8 Å². The van der Waals surface area contributed by atoms with Crippen molar-refractivity contribution in [1.29, 1.82) is 0 Å². The second kappa shape index (κ2) is 7.17. The molecule has 6 nitrogen and oxygen atoms in total. The number of ether oxygens (including phenoxy) is 1. The fraction of sp³-hybridized carbons (Fsp3) is 0.500. The van der Waals surface area contributed by atoms with Crippen molar-refractivity contribution in [3.63, 3.8) is 0 Å². The number of rotatable bonds is 5. The first-order valence-corrected chi connectivity index (χ1v) is 8.62. The molecular formula is C14H19FN2O4S. The number of benzene rings is 1. The van der Waals surface area contributed by atoms with E-state index in [1.165, 1.54) is 22.5 Å². The standard InChI is InChI=1S/C14H19FN2O4S/c1-11-10-21-7-6-17(11)22(19,20)8-5-16-14(18)12-3-2-4-13(15)9-12/h2-4,9,11H,5-8,10H2,1H3,(H,16,18). The molecule has 1 aliphatic heterocycles. The molecule has 2 rings (SSSR count). The molecule has 0 spiro atoms. The molecule has 122 valence electrons. The van der Waals surface area contributed by atoms with E-state index in [0.717, 1.165) is 6.07 Å². The Morgan fingerprint density at radius 3 is 2.95 bits per heavy atom. The van der Waals surface area contributed by atoms with E-state index in [1.807, 2.05) is 0 Å². The fourth-order valence-electron chi connectivity index (χ4n) is 2.27. The molecule has 22 heavy (non-hydrogen) atoms. The van der Waals surface area contributed by atoms with Gasteiger partial charge in [-0.3, -0.25) is 4.79 Å². The molecule has 0 aromatic heterocycles. The quantitative estimate of drug-likeness (QED) is 0.858. The highest BCUT2D eigenvalue weighted by Gasteiger charge is 2.29. The maximum atomic E-state index is 13.0. The molecular weight excluding hydrogens is 311 g/mol. The van der Waals surface area contributed by atoms with Gasteiger partial charge in [-0.25, -0.2) is 12.8 Å². The molecule has 0 bridgehead atoms. The number of amides is 1. The van der Waals surface area contributed by atoms with E-state index in [2.05, 4.69) is 5.32 Å². The molecule has 1 aliphatic rings. The minimum Gasteiger partial charge on any atom is -0.378 e. The Morgan fingerprint density at radius 1 is 1.50 bits per heavy atom. The zero-order chi connectivity index (χ0) is 16.2.